The van der Waals surface area contributed by atoms with E-state index in [0.29, 0.717) is 22.0 Å². The van der Waals surface area contributed by atoms with E-state index in [0.717, 1.165) is 0 Å². The lowest BCUT2D eigenvalue weighted by atomic mass is 10.1. The lowest BCUT2D eigenvalue weighted by Crippen LogP contribution is -2.51. The molecular formula is C22H24Cl3FN2O2. The molecule has 162 valence electrons. The molecule has 8 heteroatoms. The Hall–Kier alpha value is -1.82. The summed E-state index contributed by atoms with van der Waals surface area (Å²) in [6.07, 6.45) is 0.0659. The Kier molecular flexibility index (Phi) is 8.95. The average Bonchev–Trinajstić information content (AvgIpc) is 2.66. The third kappa shape index (κ3) is 6.10. The minimum atomic E-state index is -0.780. The summed E-state index contributed by atoms with van der Waals surface area (Å²) in [4.78, 5) is 27.5. The van der Waals surface area contributed by atoms with Crippen LogP contribution in [0.3, 0.4) is 0 Å². The molecule has 0 aliphatic heterocycles. The molecule has 0 radical (unpaired) electrons. The summed E-state index contributed by atoms with van der Waals surface area (Å²) in [7, 11) is 0. The van der Waals surface area contributed by atoms with Crippen molar-refractivity contribution >= 4 is 46.6 Å². The molecule has 0 bridgehead atoms. The van der Waals surface area contributed by atoms with Gasteiger partial charge in [0.05, 0.1) is 6.42 Å². The Morgan fingerprint density at radius 2 is 1.53 bits per heavy atom. The van der Waals surface area contributed by atoms with Crippen LogP contribution in [0.25, 0.3) is 0 Å². The maximum Gasteiger partial charge on any atom is 0.243 e. The average molecular weight is 474 g/mol. The first-order valence-corrected chi connectivity index (χ1v) is 10.7. The van der Waals surface area contributed by atoms with Crippen LogP contribution in [-0.4, -0.2) is 28.8 Å². The topological polar surface area (TPSA) is 49.4 Å². The van der Waals surface area contributed by atoms with E-state index in [2.05, 4.69) is 5.32 Å². The highest BCUT2D eigenvalue weighted by atomic mass is 35.5. The third-order valence-corrected chi connectivity index (χ3v) is 5.66. The molecule has 0 aliphatic carbocycles. The lowest BCUT2D eigenvalue weighted by Gasteiger charge is -2.32. The van der Waals surface area contributed by atoms with Gasteiger partial charge in [-0.15, -0.1) is 0 Å². The second-order valence-corrected chi connectivity index (χ2v) is 8.41. The molecule has 0 saturated heterocycles. The molecule has 1 unspecified atom stereocenters. The predicted octanol–water partition coefficient (Wildman–Crippen LogP) is 5.66. The highest BCUT2D eigenvalue weighted by Gasteiger charge is 2.30. The summed E-state index contributed by atoms with van der Waals surface area (Å²) in [5, 5.41) is 3.74. The number of nitrogens with zero attached hydrogens (tertiary/aromatic N) is 1. The molecule has 1 N–H and O–H groups in total. The Labute approximate surface area is 191 Å². The summed E-state index contributed by atoms with van der Waals surface area (Å²) >= 11 is 18.7. The molecule has 2 aromatic carbocycles. The van der Waals surface area contributed by atoms with E-state index in [9.17, 15) is 14.0 Å². The van der Waals surface area contributed by atoms with E-state index in [1.807, 2.05) is 13.8 Å². The Bertz CT molecular complexity index is 881. The summed E-state index contributed by atoms with van der Waals surface area (Å²) in [6.45, 7) is 5.48. The van der Waals surface area contributed by atoms with Gasteiger partial charge in [0.25, 0.3) is 0 Å². The van der Waals surface area contributed by atoms with Gasteiger partial charge in [0.2, 0.25) is 11.8 Å². The zero-order valence-electron chi connectivity index (χ0n) is 17.0. The first-order chi connectivity index (χ1) is 14.1. The van der Waals surface area contributed by atoms with Crippen molar-refractivity contribution in [1.82, 2.24) is 10.2 Å². The molecular weight excluding hydrogens is 450 g/mol. The Balaban J connectivity index is 2.43. The van der Waals surface area contributed by atoms with Crippen molar-refractivity contribution in [3.8, 4) is 0 Å². The number of rotatable bonds is 8. The van der Waals surface area contributed by atoms with E-state index >= 15 is 0 Å². The van der Waals surface area contributed by atoms with Gasteiger partial charge in [0, 0.05) is 38.8 Å². The molecule has 0 heterocycles. The Morgan fingerprint density at radius 1 is 1.00 bits per heavy atom. The number of carbonyl (C=O) groups excluding carboxylic acids is 2. The summed E-state index contributed by atoms with van der Waals surface area (Å²) in [5.74, 6) is -1.33. The number of amides is 2. The monoisotopic (exact) mass is 472 g/mol. The smallest absolute Gasteiger partial charge is 0.243 e. The number of benzene rings is 2. The van der Waals surface area contributed by atoms with Crippen molar-refractivity contribution in [2.45, 2.75) is 52.2 Å². The summed E-state index contributed by atoms with van der Waals surface area (Å²) < 4.78 is 14.3. The maximum absolute atomic E-state index is 14.3. The van der Waals surface area contributed by atoms with E-state index < -0.39 is 17.8 Å². The van der Waals surface area contributed by atoms with Crippen molar-refractivity contribution in [2.24, 2.45) is 0 Å². The quantitative estimate of drug-likeness (QED) is 0.538. The fourth-order valence-corrected chi connectivity index (χ4v) is 3.85. The van der Waals surface area contributed by atoms with Crippen LogP contribution in [0.5, 0.6) is 0 Å². The van der Waals surface area contributed by atoms with Crippen LogP contribution in [0.2, 0.25) is 15.1 Å². The van der Waals surface area contributed by atoms with Gasteiger partial charge in [0.1, 0.15) is 11.9 Å². The molecule has 0 aromatic heterocycles. The zero-order chi connectivity index (χ0) is 22.4. The Morgan fingerprint density at radius 3 is 2.03 bits per heavy atom. The highest BCUT2D eigenvalue weighted by molar-refractivity contribution is 6.36. The first kappa shape index (κ1) is 24.4. The van der Waals surface area contributed by atoms with Crippen LogP contribution in [0.15, 0.2) is 36.4 Å². The molecule has 2 rings (SSSR count). The van der Waals surface area contributed by atoms with E-state index in [4.69, 9.17) is 34.8 Å². The van der Waals surface area contributed by atoms with Crippen molar-refractivity contribution in [3.63, 3.8) is 0 Å². The standard InChI is InChI=1S/C22H24Cl3FN2O2/c1-4-20(22(30)27-13(2)3)28(12-15-17(24)7-5-8-18(15)25)21(29)11-14-16(23)9-6-10-19(14)26/h5-10,13,20H,4,11-12H2,1-3H3,(H,27,30). The molecule has 0 saturated carbocycles. The molecule has 0 spiro atoms. The fourth-order valence-electron chi connectivity index (χ4n) is 3.11. The highest BCUT2D eigenvalue weighted by Crippen LogP contribution is 2.28. The second kappa shape index (κ2) is 11.0. The molecule has 0 fully saturated rings. The van der Waals surface area contributed by atoms with Crippen LogP contribution < -0.4 is 5.32 Å². The van der Waals surface area contributed by atoms with Gasteiger partial charge >= 0.3 is 0 Å². The largest absolute Gasteiger partial charge is 0.352 e. The minimum absolute atomic E-state index is 0.00737. The van der Waals surface area contributed by atoms with Gasteiger partial charge in [0.15, 0.2) is 0 Å². The van der Waals surface area contributed by atoms with E-state index in [1.165, 1.54) is 23.1 Å². The van der Waals surface area contributed by atoms with Crippen molar-refractivity contribution in [1.29, 1.82) is 0 Å². The van der Waals surface area contributed by atoms with Gasteiger partial charge in [-0.1, -0.05) is 53.9 Å². The molecule has 2 amide bonds. The van der Waals surface area contributed by atoms with Crippen molar-refractivity contribution < 1.29 is 14.0 Å². The molecule has 4 nitrogen and oxygen atoms in total. The lowest BCUT2D eigenvalue weighted by molar-refractivity contribution is -0.141. The van der Waals surface area contributed by atoms with Gasteiger partial charge < -0.3 is 10.2 Å². The fraction of sp³-hybridized carbons (Fsp3) is 0.364. The number of hydrogen-bond acceptors (Lipinski definition) is 2. The van der Waals surface area contributed by atoms with Gasteiger partial charge in [-0.3, -0.25) is 9.59 Å². The van der Waals surface area contributed by atoms with Crippen LogP contribution in [0.4, 0.5) is 4.39 Å². The van der Waals surface area contributed by atoms with E-state index in [-0.39, 0.29) is 35.5 Å². The SMILES string of the molecule is CCC(C(=O)NC(C)C)N(Cc1c(Cl)cccc1Cl)C(=O)Cc1c(F)cccc1Cl. The first-order valence-electron chi connectivity index (χ1n) is 9.61. The zero-order valence-corrected chi connectivity index (χ0v) is 19.3. The van der Waals surface area contributed by atoms with Crippen molar-refractivity contribution in [2.75, 3.05) is 0 Å². The number of nitrogens with one attached hydrogen (secondary N) is 1. The maximum atomic E-state index is 14.3. The van der Waals surface area contributed by atoms with Crippen LogP contribution in [-0.2, 0) is 22.6 Å². The minimum Gasteiger partial charge on any atom is -0.352 e. The normalized spacial score (nSPS) is 12.0. The van der Waals surface area contributed by atoms with Gasteiger partial charge in [-0.05, 0) is 44.5 Å². The molecule has 0 aliphatic rings. The summed E-state index contributed by atoms with van der Waals surface area (Å²) in [6, 6.07) is 8.37. The van der Waals surface area contributed by atoms with Crippen LogP contribution in [0, 0.1) is 5.82 Å². The third-order valence-electron chi connectivity index (χ3n) is 4.60. The van der Waals surface area contributed by atoms with Crippen molar-refractivity contribution in [3.05, 3.63) is 68.4 Å². The summed E-state index contributed by atoms with van der Waals surface area (Å²) in [5.41, 5.74) is 0.600. The van der Waals surface area contributed by atoms with E-state index in [1.54, 1.807) is 25.1 Å². The number of halogens is 4. The molecule has 30 heavy (non-hydrogen) atoms. The molecule has 2 aromatic rings. The second-order valence-electron chi connectivity index (χ2n) is 7.19. The predicted molar refractivity (Wildman–Crippen MR) is 119 cm³/mol. The number of carbonyl (C=O) groups is 2. The number of hydrogen-bond donors (Lipinski definition) is 1. The van der Waals surface area contributed by atoms with Crippen LogP contribution >= 0.6 is 34.8 Å². The molecule has 1 atom stereocenters. The van der Waals surface area contributed by atoms with Gasteiger partial charge in [-0.25, -0.2) is 4.39 Å². The van der Waals surface area contributed by atoms with Gasteiger partial charge in [-0.2, -0.15) is 0 Å². The van der Waals surface area contributed by atoms with Crippen LogP contribution in [0.1, 0.15) is 38.3 Å².